The van der Waals surface area contributed by atoms with E-state index in [0.29, 0.717) is 31.2 Å². The highest BCUT2D eigenvalue weighted by Crippen LogP contribution is 2.37. The first-order valence-corrected chi connectivity index (χ1v) is 17.9. The average Bonchev–Trinajstić information content (AvgIpc) is 3.60. The average molecular weight is 657 g/mol. The van der Waals surface area contributed by atoms with Gasteiger partial charge in [0.25, 0.3) is 15.9 Å². The molecule has 12 heteroatoms. The van der Waals surface area contributed by atoms with Gasteiger partial charge in [0.1, 0.15) is 23.2 Å². The van der Waals surface area contributed by atoms with Gasteiger partial charge in [-0.1, -0.05) is 75.8 Å². The molecule has 1 aliphatic carbocycles. The molecule has 1 aliphatic heterocycles. The molecule has 1 saturated carbocycles. The second-order valence-electron chi connectivity index (χ2n) is 13.5. The van der Waals surface area contributed by atoms with Gasteiger partial charge in [0, 0.05) is 6.54 Å². The summed E-state index contributed by atoms with van der Waals surface area (Å²) in [7, 11) is -4.19. The molecule has 0 spiro atoms. The number of fused-ring (bicyclic) bond motifs is 1. The Labute approximate surface area is 272 Å². The second kappa shape index (κ2) is 14.8. The summed E-state index contributed by atoms with van der Waals surface area (Å²) in [4.78, 5) is 54.7. The van der Waals surface area contributed by atoms with Crippen LogP contribution in [0.15, 0.2) is 47.4 Å². The fourth-order valence-electron chi connectivity index (χ4n) is 5.81. The summed E-state index contributed by atoms with van der Waals surface area (Å²) < 4.78 is 33.8. The molecule has 2 atom stereocenters. The number of rotatable bonds is 14. The maximum Gasteiger partial charge on any atom is 0.408 e. The molecule has 2 aromatic carbocycles. The SMILES string of the molecule is CCCCCCCC[C@H](NC(=O)OC(C)(C)C)C(=O)N1CCC[C@H]1C(=O)NC1(C(=O)NS(=O)(=O)c2ccc3ccccc3c2)CC1. The summed E-state index contributed by atoms with van der Waals surface area (Å²) in [6.07, 6.45) is 7.32. The van der Waals surface area contributed by atoms with Crippen LogP contribution in [-0.4, -0.2) is 66.9 Å². The fourth-order valence-corrected chi connectivity index (χ4v) is 6.89. The molecule has 2 aliphatic rings. The van der Waals surface area contributed by atoms with Crippen LogP contribution in [-0.2, 0) is 29.1 Å². The smallest absolute Gasteiger partial charge is 0.408 e. The Bertz CT molecular complexity index is 1530. The Kier molecular flexibility index (Phi) is 11.3. The number of carbonyl (C=O) groups is 4. The first kappa shape index (κ1) is 35.2. The predicted molar refractivity (Wildman–Crippen MR) is 175 cm³/mol. The minimum Gasteiger partial charge on any atom is -0.444 e. The number of amides is 4. The number of hydrogen-bond donors (Lipinski definition) is 3. The Morgan fingerprint density at radius 2 is 1.65 bits per heavy atom. The van der Waals surface area contributed by atoms with Gasteiger partial charge in [0.15, 0.2) is 0 Å². The molecular formula is C34H48N4O7S. The predicted octanol–water partition coefficient (Wildman–Crippen LogP) is 4.93. The lowest BCUT2D eigenvalue weighted by atomic mass is 10.0. The van der Waals surface area contributed by atoms with Crippen molar-refractivity contribution < 1.29 is 32.3 Å². The van der Waals surface area contributed by atoms with Crippen molar-refractivity contribution in [2.45, 2.75) is 126 Å². The molecule has 1 saturated heterocycles. The van der Waals surface area contributed by atoms with E-state index in [9.17, 15) is 27.6 Å². The molecule has 0 unspecified atom stereocenters. The van der Waals surface area contributed by atoms with Crippen LogP contribution in [0, 0.1) is 0 Å². The Morgan fingerprint density at radius 1 is 0.978 bits per heavy atom. The number of hydrogen-bond acceptors (Lipinski definition) is 7. The number of sulfonamides is 1. The van der Waals surface area contributed by atoms with Crippen LogP contribution in [0.3, 0.4) is 0 Å². The third-order valence-electron chi connectivity index (χ3n) is 8.48. The molecule has 3 N–H and O–H groups in total. The van der Waals surface area contributed by atoms with Gasteiger partial charge in [-0.25, -0.2) is 17.9 Å². The van der Waals surface area contributed by atoms with Gasteiger partial charge >= 0.3 is 6.09 Å². The van der Waals surface area contributed by atoms with Gasteiger partial charge in [-0.2, -0.15) is 0 Å². The number of likely N-dealkylation sites (tertiary alicyclic amines) is 1. The Hall–Kier alpha value is -3.67. The molecule has 1 heterocycles. The minimum atomic E-state index is -4.19. The standard InChI is InChI=1S/C34H48N4O7S/c1-5-6-7-8-9-10-16-27(35-32(42)45-33(2,3)4)30(40)38-22-13-17-28(38)29(39)36-34(20-21-34)31(41)37-46(43,44)26-19-18-24-14-11-12-15-25(24)23-26/h11-12,14-15,18-19,23,27-28H,5-10,13,16-17,20-22H2,1-4H3,(H,35,42)(H,36,39)(H,37,41)/t27-,28-/m0/s1. The number of nitrogens with zero attached hydrogens (tertiary/aromatic N) is 1. The van der Waals surface area contributed by atoms with Crippen molar-refractivity contribution in [1.29, 1.82) is 0 Å². The van der Waals surface area contributed by atoms with Crippen LogP contribution in [0.1, 0.15) is 98.3 Å². The molecule has 11 nitrogen and oxygen atoms in total. The molecule has 0 bridgehead atoms. The van der Waals surface area contributed by atoms with Crippen LogP contribution in [0.25, 0.3) is 10.8 Å². The summed E-state index contributed by atoms with van der Waals surface area (Å²) >= 11 is 0. The number of nitrogens with one attached hydrogen (secondary N) is 3. The molecule has 0 aromatic heterocycles. The van der Waals surface area contributed by atoms with Crippen molar-refractivity contribution in [2.75, 3.05) is 6.54 Å². The summed E-state index contributed by atoms with van der Waals surface area (Å²) in [5.41, 5.74) is -2.11. The lowest BCUT2D eigenvalue weighted by Gasteiger charge is -2.30. The fraction of sp³-hybridized carbons (Fsp3) is 0.588. The van der Waals surface area contributed by atoms with E-state index >= 15 is 0 Å². The maximum absolute atomic E-state index is 13.8. The van der Waals surface area contributed by atoms with E-state index in [2.05, 4.69) is 22.3 Å². The lowest BCUT2D eigenvalue weighted by molar-refractivity contribution is -0.141. The summed E-state index contributed by atoms with van der Waals surface area (Å²) in [6.45, 7) is 7.71. The number of alkyl carbamates (subject to hydrolysis) is 1. The van der Waals surface area contributed by atoms with Gasteiger partial charge in [-0.3, -0.25) is 14.4 Å². The third kappa shape index (κ3) is 9.20. The number of carbonyl (C=O) groups excluding carboxylic acids is 4. The quantitative estimate of drug-likeness (QED) is 0.244. The largest absolute Gasteiger partial charge is 0.444 e. The van der Waals surface area contributed by atoms with E-state index in [0.717, 1.165) is 43.9 Å². The molecule has 2 fully saturated rings. The number of unbranched alkanes of at least 4 members (excludes halogenated alkanes) is 5. The minimum absolute atomic E-state index is 0.0527. The van der Waals surface area contributed by atoms with Crippen molar-refractivity contribution >= 4 is 44.6 Å². The molecule has 46 heavy (non-hydrogen) atoms. The van der Waals surface area contributed by atoms with E-state index in [1.165, 1.54) is 17.0 Å². The van der Waals surface area contributed by atoms with Gasteiger partial charge in [0.05, 0.1) is 4.90 Å². The second-order valence-corrected chi connectivity index (χ2v) is 15.1. The first-order chi connectivity index (χ1) is 21.7. The van der Waals surface area contributed by atoms with Crippen LogP contribution in [0.5, 0.6) is 0 Å². The van der Waals surface area contributed by atoms with E-state index in [4.69, 9.17) is 4.74 Å². The molecular weight excluding hydrogens is 608 g/mol. The van der Waals surface area contributed by atoms with Crippen molar-refractivity contribution in [3.63, 3.8) is 0 Å². The highest BCUT2D eigenvalue weighted by atomic mass is 32.2. The van der Waals surface area contributed by atoms with Crippen LogP contribution >= 0.6 is 0 Å². The van der Waals surface area contributed by atoms with Crippen molar-refractivity contribution in [3.8, 4) is 0 Å². The third-order valence-corrected chi connectivity index (χ3v) is 9.81. The van der Waals surface area contributed by atoms with Crippen LogP contribution in [0.2, 0.25) is 0 Å². The molecule has 4 rings (SSSR count). The van der Waals surface area contributed by atoms with Crippen molar-refractivity contribution in [1.82, 2.24) is 20.3 Å². The van der Waals surface area contributed by atoms with Gasteiger partial charge in [-0.15, -0.1) is 0 Å². The molecule has 4 amide bonds. The zero-order chi connectivity index (χ0) is 33.5. The number of ether oxygens (including phenoxy) is 1. The topological polar surface area (TPSA) is 151 Å². The Morgan fingerprint density at radius 3 is 2.33 bits per heavy atom. The summed E-state index contributed by atoms with van der Waals surface area (Å²) in [5.74, 6) is -1.69. The Balaban J connectivity index is 1.41. The van der Waals surface area contributed by atoms with E-state index in [1.807, 2.05) is 12.1 Å². The first-order valence-electron chi connectivity index (χ1n) is 16.4. The molecule has 252 valence electrons. The van der Waals surface area contributed by atoms with Gasteiger partial charge in [0.2, 0.25) is 11.8 Å². The highest BCUT2D eigenvalue weighted by Gasteiger charge is 2.54. The van der Waals surface area contributed by atoms with Crippen molar-refractivity contribution in [2.24, 2.45) is 0 Å². The summed E-state index contributed by atoms with van der Waals surface area (Å²) in [6, 6.07) is 10.2. The number of benzene rings is 2. The normalized spacial score (nSPS) is 18.1. The van der Waals surface area contributed by atoms with Crippen LogP contribution in [0.4, 0.5) is 4.79 Å². The zero-order valence-corrected chi connectivity index (χ0v) is 28.2. The molecule has 0 radical (unpaired) electrons. The van der Waals surface area contributed by atoms with E-state index in [1.54, 1.807) is 39.0 Å². The maximum atomic E-state index is 13.8. The van der Waals surface area contributed by atoms with Crippen LogP contribution < -0.4 is 15.4 Å². The monoisotopic (exact) mass is 656 g/mol. The highest BCUT2D eigenvalue weighted by molar-refractivity contribution is 7.90. The van der Waals surface area contributed by atoms with Gasteiger partial charge in [-0.05, 0) is 75.8 Å². The molecule has 2 aromatic rings. The zero-order valence-electron chi connectivity index (χ0n) is 27.4. The van der Waals surface area contributed by atoms with E-state index in [-0.39, 0.29) is 23.6 Å². The van der Waals surface area contributed by atoms with E-state index < -0.39 is 51.2 Å². The van der Waals surface area contributed by atoms with Gasteiger partial charge < -0.3 is 20.3 Å². The summed E-state index contributed by atoms with van der Waals surface area (Å²) in [5, 5.41) is 7.07. The lowest BCUT2D eigenvalue weighted by Crippen LogP contribution is -2.57. The van der Waals surface area contributed by atoms with Crippen molar-refractivity contribution in [3.05, 3.63) is 42.5 Å².